The molecular formula is C9H13F3N2O3. The van der Waals surface area contributed by atoms with Crippen LogP contribution in [0.4, 0.5) is 18.0 Å². The lowest BCUT2D eigenvalue weighted by atomic mass is 10.1. The predicted octanol–water partition coefficient (Wildman–Crippen LogP) is 1.10. The molecule has 0 aromatic rings. The summed E-state index contributed by atoms with van der Waals surface area (Å²) in [5.74, 6) is -1.46. The molecule has 2 atom stereocenters. The van der Waals surface area contributed by atoms with E-state index in [9.17, 15) is 22.8 Å². The Morgan fingerprint density at radius 3 is 2.41 bits per heavy atom. The van der Waals surface area contributed by atoms with Crippen molar-refractivity contribution in [2.75, 3.05) is 6.54 Å². The summed E-state index contributed by atoms with van der Waals surface area (Å²) in [5, 5.41) is 12.7. The number of amides is 2. The molecule has 1 aliphatic rings. The number of carboxylic acid groups (broad SMARTS) is 1. The van der Waals surface area contributed by atoms with Gasteiger partial charge in [0.2, 0.25) is 0 Å². The summed E-state index contributed by atoms with van der Waals surface area (Å²) in [6.45, 7) is -1.39. The Morgan fingerprint density at radius 2 is 1.94 bits per heavy atom. The molecule has 0 saturated heterocycles. The maximum atomic E-state index is 11.8. The smallest absolute Gasteiger partial charge is 0.405 e. The summed E-state index contributed by atoms with van der Waals surface area (Å²) in [6, 6.07) is -1.29. The number of urea groups is 1. The molecule has 0 unspecified atom stereocenters. The molecule has 8 heteroatoms. The van der Waals surface area contributed by atoms with Crippen molar-refractivity contribution in [3.63, 3.8) is 0 Å². The number of carboxylic acids is 1. The van der Waals surface area contributed by atoms with E-state index in [1.165, 1.54) is 0 Å². The molecule has 2 amide bonds. The van der Waals surface area contributed by atoms with Gasteiger partial charge in [-0.3, -0.25) is 4.79 Å². The fourth-order valence-electron chi connectivity index (χ4n) is 1.75. The molecular weight excluding hydrogens is 241 g/mol. The molecule has 3 N–H and O–H groups in total. The van der Waals surface area contributed by atoms with E-state index in [0.29, 0.717) is 12.8 Å². The number of aliphatic carboxylic acids is 1. The maximum Gasteiger partial charge on any atom is 0.405 e. The van der Waals surface area contributed by atoms with Gasteiger partial charge in [-0.25, -0.2) is 4.79 Å². The average Bonchev–Trinajstić information content (AvgIpc) is 2.62. The van der Waals surface area contributed by atoms with Crippen LogP contribution >= 0.6 is 0 Å². The number of rotatable bonds is 3. The quantitative estimate of drug-likeness (QED) is 0.705. The van der Waals surface area contributed by atoms with Crippen LogP contribution in [-0.4, -0.2) is 35.9 Å². The van der Waals surface area contributed by atoms with Crippen molar-refractivity contribution in [2.24, 2.45) is 5.92 Å². The van der Waals surface area contributed by atoms with Crippen molar-refractivity contribution in [3.05, 3.63) is 0 Å². The predicted molar refractivity (Wildman–Crippen MR) is 51.4 cm³/mol. The lowest BCUT2D eigenvalue weighted by molar-refractivity contribution is -0.141. The molecule has 0 heterocycles. The van der Waals surface area contributed by atoms with Crippen LogP contribution in [0, 0.1) is 5.92 Å². The number of nitrogens with one attached hydrogen (secondary N) is 2. The first-order chi connectivity index (χ1) is 7.78. The Hall–Kier alpha value is -1.47. The van der Waals surface area contributed by atoms with Crippen molar-refractivity contribution in [1.82, 2.24) is 10.6 Å². The van der Waals surface area contributed by atoms with Gasteiger partial charge in [-0.05, 0) is 19.3 Å². The van der Waals surface area contributed by atoms with Crippen LogP contribution in [0.25, 0.3) is 0 Å². The van der Waals surface area contributed by atoms with E-state index in [2.05, 4.69) is 5.32 Å². The number of carbonyl (C=O) groups is 2. The van der Waals surface area contributed by atoms with E-state index >= 15 is 0 Å². The van der Waals surface area contributed by atoms with Gasteiger partial charge in [-0.1, -0.05) is 0 Å². The van der Waals surface area contributed by atoms with Gasteiger partial charge in [0.25, 0.3) is 0 Å². The molecule has 0 radical (unpaired) electrons. The first-order valence-corrected chi connectivity index (χ1v) is 5.12. The molecule has 1 saturated carbocycles. The third kappa shape index (κ3) is 4.92. The molecule has 1 rings (SSSR count). The van der Waals surface area contributed by atoms with Crippen molar-refractivity contribution < 1.29 is 27.9 Å². The minimum Gasteiger partial charge on any atom is -0.481 e. The highest BCUT2D eigenvalue weighted by molar-refractivity contribution is 5.75. The first kappa shape index (κ1) is 13.6. The van der Waals surface area contributed by atoms with E-state index < -0.39 is 30.6 Å². The zero-order valence-corrected chi connectivity index (χ0v) is 8.88. The number of alkyl halides is 3. The molecule has 1 fully saturated rings. The molecule has 98 valence electrons. The van der Waals surface area contributed by atoms with E-state index in [4.69, 9.17) is 5.11 Å². The van der Waals surface area contributed by atoms with Crippen LogP contribution in [0.1, 0.15) is 19.3 Å². The van der Waals surface area contributed by atoms with Crippen LogP contribution in [-0.2, 0) is 4.79 Å². The number of hydrogen-bond acceptors (Lipinski definition) is 2. The van der Waals surface area contributed by atoms with E-state index in [1.807, 2.05) is 0 Å². The normalized spacial score (nSPS) is 24.4. The van der Waals surface area contributed by atoms with Crippen molar-refractivity contribution in [1.29, 1.82) is 0 Å². The summed E-state index contributed by atoms with van der Waals surface area (Å²) in [4.78, 5) is 21.7. The Kier molecular flexibility index (Phi) is 4.19. The van der Waals surface area contributed by atoms with Crippen LogP contribution in [0.5, 0.6) is 0 Å². The van der Waals surface area contributed by atoms with Gasteiger partial charge in [0.1, 0.15) is 6.54 Å². The second-order valence-corrected chi connectivity index (χ2v) is 3.99. The minimum atomic E-state index is -4.45. The lowest BCUT2D eigenvalue weighted by Crippen LogP contribution is -2.44. The first-order valence-electron chi connectivity index (χ1n) is 5.12. The second kappa shape index (κ2) is 5.24. The van der Waals surface area contributed by atoms with Gasteiger partial charge < -0.3 is 15.7 Å². The number of halogens is 3. The van der Waals surface area contributed by atoms with Gasteiger partial charge in [0.05, 0.1) is 5.92 Å². The minimum absolute atomic E-state index is 0.259. The standard InChI is InChI=1S/C9H13F3N2O3/c10-9(11,12)4-13-8(17)14-6-2-1-5(3-6)7(15)16/h5-6H,1-4H2,(H,15,16)(H2,13,14,17)/t5-,6+/m1/s1. The Balaban J connectivity index is 2.26. The molecule has 0 bridgehead atoms. The fourth-order valence-corrected chi connectivity index (χ4v) is 1.75. The molecule has 0 spiro atoms. The Morgan fingerprint density at radius 1 is 1.29 bits per heavy atom. The maximum absolute atomic E-state index is 11.8. The Bertz CT molecular complexity index is 306. The summed E-state index contributed by atoms with van der Waals surface area (Å²) in [5.41, 5.74) is 0. The van der Waals surface area contributed by atoms with Crippen LogP contribution in [0.3, 0.4) is 0 Å². The number of carbonyl (C=O) groups excluding carboxylic acids is 1. The SMILES string of the molecule is O=C(NCC(F)(F)F)N[C@H]1CC[C@@H](C(=O)O)C1. The topological polar surface area (TPSA) is 78.4 Å². The summed E-state index contributed by atoms with van der Waals surface area (Å²) in [6.07, 6.45) is -3.29. The Labute approximate surface area is 95.4 Å². The van der Waals surface area contributed by atoms with Crippen LogP contribution in [0.2, 0.25) is 0 Å². The fraction of sp³-hybridized carbons (Fsp3) is 0.778. The molecule has 0 aromatic heterocycles. The number of hydrogen-bond donors (Lipinski definition) is 3. The monoisotopic (exact) mass is 254 g/mol. The zero-order chi connectivity index (χ0) is 13.1. The van der Waals surface area contributed by atoms with E-state index in [0.717, 1.165) is 0 Å². The van der Waals surface area contributed by atoms with Crippen molar-refractivity contribution >= 4 is 12.0 Å². The highest BCUT2D eigenvalue weighted by Crippen LogP contribution is 2.25. The van der Waals surface area contributed by atoms with Gasteiger partial charge >= 0.3 is 18.2 Å². The third-order valence-electron chi connectivity index (χ3n) is 2.57. The molecule has 5 nitrogen and oxygen atoms in total. The van der Waals surface area contributed by atoms with Crippen molar-refractivity contribution in [3.8, 4) is 0 Å². The third-order valence-corrected chi connectivity index (χ3v) is 2.57. The second-order valence-electron chi connectivity index (χ2n) is 3.99. The molecule has 0 aliphatic heterocycles. The summed E-state index contributed by atoms with van der Waals surface area (Å²) >= 11 is 0. The zero-order valence-electron chi connectivity index (χ0n) is 8.88. The van der Waals surface area contributed by atoms with Gasteiger partial charge in [0.15, 0.2) is 0 Å². The molecule has 0 aromatic carbocycles. The summed E-state index contributed by atoms with van der Waals surface area (Å²) < 4.78 is 35.3. The largest absolute Gasteiger partial charge is 0.481 e. The van der Waals surface area contributed by atoms with Crippen LogP contribution < -0.4 is 10.6 Å². The highest BCUT2D eigenvalue weighted by atomic mass is 19.4. The highest BCUT2D eigenvalue weighted by Gasteiger charge is 2.32. The van der Waals surface area contributed by atoms with Crippen LogP contribution in [0.15, 0.2) is 0 Å². The molecule has 1 aliphatic carbocycles. The van der Waals surface area contributed by atoms with E-state index in [1.54, 1.807) is 5.32 Å². The van der Waals surface area contributed by atoms with Gasteiger partial charge in [-0.15, -0.1) is 0 Å². The van der Waals surface area contributed by atoms with E-state index in [-0.39, 0.29) is 12.5 Å². The molecule has 17 heavy (non-hydrogen) atoms. The van der Waals surface area contributed by atoms with Gasteiger partial charge in [0, 0.05) is 6.04 Å². The summed E-state index contributed by atoms with van der Waals surface area (Å²) in [7, 11) is 0. The average molecular weight is 254 g/mol. The lowest BCUT2D eigenvalue weighted by Gasteiger charge is -2.14. The van der Waals surface area contributed by atoms with Crippen molar-refractivity contribution in [2.45, 2.75) is 31.5 Å². The van der Waals surface area contributed by atoms with Gasteiger partial charge in [-0.2, -0.15) is 13.2 Å².